The highest BCUT2D eigenvalue weighted by Gasteiger charge is 2.61. The van der Waals surface area contributed by atoms with Crippen molar-refractivity contribution in [3.63, 3.8) is 0 Å². The van der Waals surface area contributed by atoms with Crippen LogP contribution in [0.3, 0.4) is 0 Å². The molecule has 1 N–H and O–H groups in total. The molecule has 0 saturated carbocycles. The smallest absolute Gasteiger partial charge is 0.262 e. The molecule has 8 aromatic carbocycles. The minimum Gasteiger partial charge on any atom is -0.497 e. The maximum absolute atomic E-state index is 15.4. The van der Waals surface area contributed by atoms with Crippen LogP contribution in [0.25, 0.3) is 0 Å². The molecule has 18 nitrogen and oxygen atoms in total. The first-order chi connectivity index (χ1) is 45.7. The number of ether oxygens (including phenoxy) is 14. The van der Waals surface area contributed by atoms with Gasteiger partial charge in [0.1, 0.15) is 78.6 Å². The molecular formula is C75H75NO17. The number of amides is 2. The zero-order chi connectivity index (χ0) is 63.5. The summed E-state index contributed by atoms with van der Waals surface area (Å²) >= 11 is 0. The second-order valence-corrected chi connectivity index (χ2v) is 23.5. The van der Waals surface area contributed by atoms with E-state index in [0.29, 0.717) is 11.5 Å². The van der Waals surface area contributed by atoms with Crippen molar-refractivity contribution in [2.75, 3.05) is 20.3 Å². The number of rotatable bonds is 25. The second kappa shape index (κ2) is 30.4. The summed E-state index contributed by atoms with van der Waals surface area (Å²) in [6, 6.07) is 69.8. The van der Waals surface area contributed by atoms with Crippen molar-refractivity contribution in [3.05, 3.63) is 275 Å². The molecule has 1 unspecified atom stereocenters. The number of hydrogen-bond donors (Lipinski definition) is 1. The van der Waals surface area contributed by atoms with Gasteiger partial charge >= 0.3 is 0 Å². The SMILES string of the molecule is COc1ccc(O[C@@H]2O[C@H](COCc3ccccc3)[C@@H](O[C@H]3O[C@@H]4COC(c5ccccc5)O[C@H]4[C@H](OCc4ccccc4)[C@H]3OCc3ccccc3)[C@H](O[C@H]3O[C@@H](C)[C@H](OCc4ccccc4)[C@@H](O)[C@H]3OCc3ccccc3)[C@H]2N2C(=O)c3ccccc3C2=O)cc1. The standard InChI is InChI=1S/C75H75NO17/c1-48-63(82-42-50-25-11-4-12-26-50)62(77)67(83-43-51-27-13-5-14-28-51)74(87-48)93-66-61(76-70(78)57-35-21-22-36-58(57)71(76)79)73(88-56-39-37-55(80-2)38-40-56)89-59(46-81-41-49-23-9-3-10-24-49)64(66)92-75-69(85-45-53-31-17-7-18-32-53)68(84-44-52-29-15-6-16-30-52)65-60(90-75)47-86-72(91-65)54-33-19-8-20-34-54/h3-40,48,59-69,72-75,77H,41-47H2,1-2H3/t48-,59+,60+,61+,62+,63-,64+,65+,66+,67+,68-,69+,72?,73+,74+,75+/m0/s1. The molecule has 16 atom stereocenters. The quantitative estimate of drug-likeness (QED) is 0.0532. The van der Waals surface area contributed by atoms with Crippen LogP contribution in [0.15, 0.2) is 231 Å². The van der Waals surface area contributed by atoms with Crippen molar-refractivity contribution in [2.24, 2.45) is 0 Å². The molecule has 4 fully saturated rings. The van der Waals surface area contributed by atoms with E-state index in [4.69, 9.17) is 66.3 Å². The van der Waals surface area contributed by atoms with Crippen molar-refractivity contribution >= 4 is 11.8 Å². The summed E-state index contributed by atoms with van der Waals surface area (Å²) in [5, 5.41) is 12.9. The lowest BCUT2D eigenvalue weighted by atomic mass is 9.93. The van der Waals surface area contributed by atoms with E-state index < -0.39 is 110 Å². The number of imide groups is 1. The maximum Gasteiger partial charge on any atom is 0.262 e. The normalized spacial score (nSPS) is 28.5. The fourth-order valence-corrected chi connectivity index (χ4v) is 12.5. The third-order valence-corrected chi connectivity index (χ3v) is 17.3. The highest BCUT2D eigenvalue weighted by molar-refractivity contribution is 6.21. The lowest BCUT2D eigenvalue weighted by Crippen LogP contribution is -2.71. The number of carbonyl (C=O) groups excluding carboxylic acids is 2. The molecule has 93 heavy (non-hydrogen) atoms. The van der Waals surface area contributed by atoms with Gasteiger partial charge in [-0.1, -0.05) is 194 Å². The molecule has 4 saturated heterocycles. The van der Waals surface area contributed by atoms with Crippen LogP contribution in [0, 0.1) is 0 Å². The first kappa shape index (κ1) is 63.7. The van der Waals surface area contributed by atoms with E-state index >= 15 is 9.59 Å². The van der Waals surface area contributed by atoms with E-state index in [0.717, 1.165) is 38.3 Å². The van der Waals surface area contributed by atoms with E-state index in [1.54, 1.807) is 62.6 Å². The molecule has 5 heterocycles. The number of methoxy groups -OCH3 is 1. The van der Waals surface area contributed by atoms with Crippen molar-refractivity contribution in [1.29, 1.82) is 0 Å². The van der Waals surface area contributed by atoms with Crippen molar-refractivity contribution < 1.29 is 81.0 Å². The predicted molar refractivity (Wildman–Crippen MR) is 338 cm³/mol. The average Bonchev–Trinajstić information content (AvgIpc) is 1.71. The van der Waals surface area contributed by atoms with Gasteiger partial charge in [0.25, 0.3) is 11.8 Å². The molecule has 0 bridgehead atoms. The highest BCUT2D eigenvalue weighted by Crippen LogP contribution is 2.43. The maximum atomic E-state index is 15.4. The van der Waals surface area contributed by atoms with Crippen molar-refractivity contribution in [1.82, 2.24) is 4.90 Å². The van der Waals surface area contributed by atoms with Crippen LogP contribution in [0.1, 0.15) is 67.3 Å². The number of aliphatic hydroxyl groups is 1. The average molecular weight is 1260 g/mol. The molecule has 0 aliphatic carbocycles. The minimum absolute atomic E-state index is 0.0127. The van der Waals surface area contributed by atoms with E-state index in [1.165, 1.54) is 0 Å². The van der Waals surface area contributed by atoms with Crippen LogP contribution >= 0.6 is 0 Å². The first-order valence-corrected chi connectivity index (χ1v) is 31.5. The Morgan fingerprint density at radius 3 is 1.44 bits per heavy atom. The molecule has 2 amide bonds. The van der Waals surface area contributed by atoms with E-state index in [-0.39, 0.29) is 57.4 Å². The molecule has 13 rings (SSSR count). The lowest BCUT2D eigenvalue weighted by Gasteiger charge is -2.53. The number of fused-ring (bicyclic) bond motifs is 2. The van der Waals surface area contributed by atoms with Crippen molar-refractivity contribution in [3.8, 4) is 11.5 Å². The summed E-state index contributed by atoms with van der Waals surface area (Å²) in [5.41, 5.74) is 5.39. The summed E-state index contributed by atoms with van der Waals surface area (Å²) in [7, 11) is 1.56. The van der Waals surface area contributed by atoms with Crippen molar-refractivity contribution in [2.45, 2.75) is 138 Å². The van der Waals surface area contributed by atoms with E-state index in [2.05, 4.69) is 0 Å². The Bertz CT molecular complexity index is 3600. The third kappa shape index (κ3) is 15.0. The molecule has 0 aromatic heterocycles. The molecule has 18 heteroatoms. The molecule has 5 aliphatic heterocycles. The third-order valence-electron chi connectivity index (χ3n) is 17.3. The number of aliphatic hydroxyl groups excluding tert-OH is 1. The largest absolute Gasteiger partial charge is 0.497 e. The van der Waals surface area contributed by atoms with Crippen LogP contribution in [0.5, 0.6) is 11.5 Å². The summed E-state index contributed by atoms with van der Waals surface area (Å²) < 4.78 is 96.9. The highest BCUT2D eigenvalue weighted by atomic mass is 16.8. The van der Waals surface area contributed by atoms with Gasteiger partial charge in [-0.25, -0.2) is 0 Å². The van der Waals surface area contributed by atoms with Crippen LogP contribution in [-0.2, 0) is 89.9 Å². The Hall–Kier alpha value is -8.02. The summed E-state index contributed by atoms with van der Waals surface area (Å²) in [5.74, 6) is -0.454. The molecular weight excluding hydrogens is 1190 g/mol. The number of hydrogen-bond acceptors (Lipinski definition) is 17. The van der Waals surface area contributed by atoms with Crippen LogP contribution < -0.4 is 9.47 Å². The van der Waals surface area contributed by atoms with Gasteiger partial charge in [-0.15, -0.1) is 0 Å². The summed E-state index contributed by atoms with van der Waals surface area (Å²) in [6.45, 7) is 2.17. The predicted octanol–water partition coefficient (Wildman–Crippen LogP) is 10.7. The van der Waals surface area contributed by atoms with E-state index in [9.17, 15) is 5.11 Å². The van der Waals surface area contributed by atoms with Gasteiger partial charge in [0.05, 0.1) is 70.6 Å². The lowest BCUT2D eigenvalue weighted by molar-refractivity contribution is -0.399. The number of carbonyl (C=O) groups is 2. The number of benzene rings is 8. The van der Waals surface area contributed by atoms with E-state index in [1.807, 2.05) is 182 Å². The Morgan fingerprint density at radius 2 is 0.903 bits per heavy atom. The Kier molecular flexibility index (Phi) is 20.8. The Morgan fingerprint density at radius 1 is 0.452 bits per heavy atom. The minimum atomic E-state index is -1.52. The molecule has 0 radical (unpaired) electrons. The molecule has 8 aromatic rings. The monoisotopic (exact) mass is 1260 g/mol. The Labute approximate surface area is 540 Å². The second-order valence-electron chi connectivity index (χ2n) is 23.5. The topological polar surface area (TPSA) is 187 Å². The Balaban J connectivity index is 0.948. The van der Waals surface area contributed by atoms with Gasteiger partial charge in [0.15, 0.2) is 18.9 Å². The zero-order valence-corrected chi connectivity index (χ0v) is 51.6. The fraction of sp³-hybridized carbons (Fsp3) is 0.333. The van der Waals surface area contributed by atoms with Gasteiger partial charge in [-0.2, -0.15) is 0 Å². The van der Waals surface area contributed by atoms with Gasteiger partial charge in [0.2, 0.25) is 6.29 Å². The fourth-order valence-electron chi connectivity index (χ4n) is 12.5. The summed E-state index contributed by atoms with van der Waals surface area (Å²) in [6.07, 6.45) is -17.4. The van der Waals surface area contributed by atoms with Gasteiger partial charge < -0.3 is 71.4 Å². The molecule has 0 spiro atoms. The van der Waals surface area contributed by atoms with Crippen LogP contribution in [-0.4, -0.2) is 134 Å². The first-order valence-electron chi connectivity index (χ1n) is 31.5. The van der Waals surface area contributed by atoms with Gasteiger partial charge in [-0.3, -0.25) is 14.5 Å². The van der Waals surface area contributed by atoms with Gasteiger partial charge in [-0.05, 0) is 71.1 Å². The summed E-state index contributed by atoms with van der Waals surface area (Å²) in [4.78, 5) is 32.0. The van der Waals surface area contributed by atoms with Crippen LogP contribution in [0.4, 0.5) is 0 Å². The molecule has 5 aliphatic rings. The van der Waals surface area contributed by atoms with Gasteiger partial charge in [0, 0.05) is 5.56 Å². The molecule has 482 valence electrons. The number of nitrogens with zero attached hydrogens (tertiary/aromatic N) is 1. The van der Waals surface area contributed by atoms with Crippen LogP contribution in [0.2, 0.25) is 0 Å². The zero-order valence-electron chi connectivity index (χ0n) is 51.6.